The zero-order valence-corrected chi connectivity index (χ0v) is 23.6. The fourth-order valence-corrected chi connectivity index (χ4v) is 3.69. The molecule has 9 nitrogen and oxygen atoms in total. The average molecular weight is 576 g/mol. The second-order valence-corrected chi connectivity index (χ2v) is 10.7. The van der Waals surface area contributed by atoms with Crippen molar-refractivity contribution in [2.24, 2.45) is 0 Å². The number of aryl methyl sites for hydroxylation is 1. The molecule has 2 N–H and O–H groups in total. The number of hydrogen-bond acceptors (Lipinski definition) is 6. The minimum Gasteiger partial charge on any atom is -0.443 e. The lowest BCUT2D eigenvalue weighted by Crippen LogP contribution is -2.40. The minimum atomic E-state index is -0.680. The summed E-state index contributed by atoms with van der Waals surface area (Å²) in [4.78, 5) is 55.0. The van der Waals surface area contributed by atoms with Gasteiger partial charge in [0.2, 0.25) is 11.8 Å². The van der Waals surface area contributed by atoms with Crippen LogP contribution in [-0.4, -0.2) is 47.4 Å². The van der Waals surface area contributed by atoms with E-state index in [4.69, 9.17) is 4.74 Å². The first-order valence-corrected chi connectivity index (χ1v) is 12.9. The molecule has 1 aromatic heterocycles. The van der Waals surface area contributed by atoms with E-state index in [1.165, 1.54) is 11.8 Å². The number of hydrogen-bond donors (Lipinski definition) is 2. The Morgan fingerprint density at radius 3 is 2.35 bits per heavy atom. The Bertz CT molecular complexity index is 1100. The highest BCUT2D eigenvalue weighted by molar-refractivity contribution is 9.10. The van der Waals surface area contributed by atoms with Crippen LogP contribution in [0.2, 0.25) is 0 Å². The maximum absolute atomic E-state index is 12.8. The Morgan fingerprint density at radius 2 is 1.76 bits per heavy atom. The van der Waals surface area contributed by atoms with Crippen molar-refractivity contribution >= 4 is 45.4 Å². The standard InChI is InChI=1S/C27H35BrN4O5/c1-18-12-13-29-23(15-18)32(26(36)37-27(3,4)5)14-6-7-24(34)30-17-25(35)31-22(16-19(2)33)20-8-10-21(28)11-9-20/h8-13,15,22H,6-7,14,16-17H2,1-5H3,(H,30,34)(H,31,35). The number of ketones is 1. The van der Waals surface area contributed by atoms with Crippen LogP contribution in [0.25, 0.3) is 0 Å². The highest BCUT2D eigenvalue weighted by Crippen LogP contribution is 2.20. The molecule has 10 heteroatoms. The third kappa shape index (κ3) is 11.1. The van der Waals surface area contributed by atoms with Crippen molar-refractivity contribution < 1.29 is 23.9 Å². The van der Waals surface area contributed by atoms with Gasteiger partial charge in [-0.15, -0.1) is 0 Å². The first-order valence-electron chi connectivity index (χ1n) is 12.1. The number of nitrogens with one attached hydrogen (secondary N) is 2. The molecule has 1 atom stereocenters. The van der Waals surface area contributed by atoms with Crippen molar-refractivity contribution in [3.8, 4) is 0 Å². The number of Topliss-reactive ketones (excluding diaryl/α,β-unsaturated/α-hetero) is 1. The molecule has 0 radical (unpaired) electrons. The van der Waals surface area contributed by atoms with E-state index in [9.17, 15) is 19.2 Å². The van der Waals surface area contributed by atoms with Crippen molar-refractivity contribution in [2.45, 2.75) is 65.5 Å². The second kappa shape index (κ2) is 13.9. The summed E-state index contributed by atoms with van der Waals surface area (Å²) in [6.45, 7) is 8.70. The van der Waals surface area contributed by atoms with Crippen LogP contribution < -0.4 is 15.5 Å². The van der Waals surface area contributed by atoms with Crippen LogP contribution in [0.1, 0.15) is 64.1 Å². The number of amides is 3. The van der Waals surface area contributed by atoms with Gasteiger partial charge in [-0.05, 0) is 76.4 Å². The summed E-state index contributed by atoms with van der Waals surface area (Å²) in [7, 11) is 0. The van der Waals surface area contributed by atoms with E-state index >= 15 is 0 Å². The summed E-state index contributed by atoms with van der Waals surface area (Å²) in [6.07, 6.45) is 1.65. The minimum absolute atomic E-state index is 0.0603. The Morgan fingerprint density at radius 1 is 1.08 bits per heavy atom. The first-order chi connectivity index (χ1) is 17.3. The molecule has 37 heavy (non-hydrogen) atoms. The molecule has 0 bridgehead atoms. The van der Waals surface area contributed by atoms with Gasteiger partial charge in [0.1, 0.15) is 17.2 Å². The molecule has 2 rings (SSSR count). The Balaban J connectivity index is 1.90. The quantitative estimate of drug-likeness (QED) is 0.404. The molecule has 0 aliphatic heterocycles. The Kier molecular flexibility index (Phi) is 11.2. The lowest BCUT2D eigenvalue weighted by molar-refractivity contribution is -0.126. The van der Waals surface area contributed by atoms with Gasteiger partial charge in [-0.1, -0.05) is 28.1 Å². The van der Waals surface area contributed by atoms with Crippen molar-refractivity contribution in [3.63, 3.8) is 0 Å². The van der Waals surface area contributed by atoms with Crippen LogP contribution in [0.15, 0.2) is 47.1 Å². The number of carbonyl (C=O) groups is 4. The summed E-state index contributed by atoms with van der Waals surface area (Å²) in [5.41, 5.74) is 1.05. The van der Waals surface area contributed by atoms with E-state index in [2.05, 4.69) is 31.5 Å². The molecule has 0 spiro atoms. The molecule has 1 aromatic carbocycles. The summed E-state index contributed by atoms with van der Waals surface area (Å²) in [5, 5.41) is 5.41. The number of halogens is 1. The summed E-state index contributed by atoms with van der Waals surface area (Å²) >= 11 is 3.37. The molecule has 200 valence electrons. The monoisotopic (exact) mass is 574 g/mol. The predicted molar refractivity (Wildman–Crippen MR) is 145 cm³/mol. The highest BCUT2D eigenvalue weighted by atomic mass is 79.9. The lowest BCUT2D eigenvalue weighted by atomic mass is 10.0. The van der Waals surface area contributed by atoms with Gasteiger partial charge in [-0.2, -0.15) is 0 Å². The van der Waals surface area contributed by atoms with Crippen LogP contribution in [0.5, 0.6) is 0 Å². The predicted octanol–water partition coefficient (Wildman–Crippen LogP) is 4.63. The summed E-state index contributed by atoms with van der Waals surface area (Å²) < 4.78 is 6.39. The van der Waals surface area contributed by atoms with Gasteiger partial charge in [0.05, 0.1) is 12.6 Å². The van der Waals surface area contributed by atoms with Crippen LogP contribution in [0, 0.1) is 6.92 Å². The number of rotatable bonds is 11. The maximum Gasteiger partial charge on any atom is 0.416 e. The third-order valence-corrected chi connectivity index (χ3v) is 5.65. The van der Waals surface area contributed by atoms with Gasteiger partial charge >= 0.3 is 6.09 Å². The van der Waals surface area contributed by atoms with E-state index in [1.807, 2.05) is 37.3 Å². The third-order valence-electron chi connectivity index (χ3n) is 5.12. The van der Waals surface area contributed by atoms with Gasteiger partial charge < -0.3 is 15.4 Å². The molecule has 0 saturated heterocycles. The topological polar surface area (TPSA) is 118 Å². The number of aromatic nitrogens is 1. The Hall–Kier alpha value is -3.27. The molecule has 0 aliphatic carbocycles. The van der Waals surface area contributed by atoms with Crippen molar-refractivity contribution in [2.75, 3.05) is 18.0 Å². The summed E-state index contributed by atoms with van der Waals surface area (Å²) in [5.74, 6) is -0.349. The molecular weight excluding hydrogens is 540 g/mol. The van der Waals surface area contributed by atoms with E-state index in [0.29, 0.717) is 12.2 Å². The van der Waals surface area contributed by atoms with Gasteiger partial charge in [0, 0.05) is 30.1 Å². The van der Waals surface area contributed by atoms with Gasteiger partial charge in [0.15, 0.2) is 0 Å². The fourth-order valence-electron chi connectivity index (χ4n) is 3.43. The van der Waals surface area contributed by atoms with Crippen LogP contribution in [0.4, 0.5) is 10.6 Å². The first kappa shape index (κ1) is 30.0. The lowest BCUT2D eigenvalue weighted by Gasteiger charge is -2.27. The number of carbonyl (C=O) groups excluding carboxylic acids is 4. The fraction of sp³-hybridized carbons (Fsp3) is 0.444. The van der Waals surface area contributed by atoms with Crippen LogP contribution in [-0.2, 0) is 19.1 Å². The molecule has 0 saturated carbocycles. The maximum atomic E-state index is 12.8. The zero-order valence-electron chi connectivity index (χ0n) is 22.0. The van der Waals surface area contributed by atoms with E-state index < -0.39 is 23.6 Å². The van der Waals surface area contributed by atoms with Crippen LogP contribution >= 0.6 is 15.9 Å². The largest absolute Gasteiger partial charge is 0.443 e. The molecular formula is C27H35BrN4O5. The highest BCUT2D eigenvalue weighted by Gasteiger charge is 2.24. The van der Waals surface area contributed by atoms with Gasteiger partial charge in [0.25, 0.3) is 0 Å². The number of nitrogens with zero attached hydrogens (tertiary/aromatic N) is 2. The zero-order chi connectivity index (χ0) is 27.6. The smallest absolute Gasteiger partial charge is 0.416 e. The molecule has 0 fully saturated rings. The van der Waals surface area contributed by atoms with Crippen molar-refractivity contribution in [1.82, 2.24) is 15.6 Å². The molecule has 2 aromatic rings. The number of pyridine rings is 1. The molecule has 0 aliphatic rings. The van der Waals surface area contributed by atoms with E-state index in [-0.39, 0.29) is 37.6 Å². The number of benzene rings is 1. The molecule has 1 heterocycles. The number of ether oxygens (including phenoxy) is 1. The van der Waals surface area contributed by atoms with Crippen molar-refractivity contribution in [1.29, 1.82) is 0 Å². The number of anilines is 1. The molecule has 3 amide bonds. The normalized spacial score (nSPS) is 11.8. The average Bonchev–Trinajstić information content (AvgIpc) is 2.79. The van der Waals surface area contributed by atoms with Gasteiger partial charge in [-0.3, -0.25) is 19.3 Å². The summed E-state index contributed by atoms with van der Waals surface area (Å²) in [6, 6.07) is 10.4. The second-order valence-electron chi connectivity index (χ2n) is 9.78. The Labute approximate surface area is 226 Å². The van der Waals surface area contributed by atoms with Gasteiger partial charge in [-0.25, -0.2) is 9.78 Å². The van der Waals surface area contributed by atoms with Crippen LogP contribution in [0.3, 0.4) is 0 Å². The SMILES string of the molecule is CC(=O)CC(NC(=O)CNC(=O)CCCN(C(=O)OC(C)(C)C)c1cc(C)ccn1)c1ccc(Br)cc1. The van der Waals surface area contributed by atoms with E-state index in [1.54, 1.807) is 33.0 Å². The van der Waals surface area contributed by atoms with E-state index in [0.717, 1.165) is 15.6 Å². The molecule has 1 unspecified atom stereocenters. The van der Waals surface area contributed by atoms with Crippen molar-refractivity contribution in [3.05, 3.63) is 58.2 Å².